The lowest BCUT2D eigenvalue weighted by Crippen LogP contribution is -2.31. The Kier molecular flexibility index (Phi) is 6.97. The molecule has 1 aliphatic heterocycles. The minimum absolute atomic E-state index is 0.262. The molecule has 4 heteroatoms. The molecule has 8 rings (SSSR count). The van der Waals surface area contributed by atoms with Crippen LogP contribution in [0.25, 0.3) is 11.1 Å². The van der Waals surface area contributed by atoms with Crippen LogP contribution in [0.2, 0.25) is 0 Å². The molecule has 2 aliphatic carbocycles. The highest BCUT2D eigenvalue weighted by molar-refractivity contribution is 8.02. The summed E-state index contributed by atoms with van der Waals surface area (Å²) in [5.41, 5.74) is 7.59. The monoisotopic (exact) mass is 652 g/mol. The number of hydrogen-bond acceptors (Lipinski definition) is 2. The van der Waals surface area contributed by atoms with Gasteiger partial charge in [0.05, 0.1) is 0 Å². The SMILES string of the molecule is C=P(C1=C(C)CCC=C1)(c1ccc2c(c1)C(C)(C)c1cc(P3(=O)c4ccccc4Sc4ccccc43)ccc1-2)c1ccccc1C. The predicted octanol–water partition coefficient (Wildman–Crippen LogP) is 9.43. The molecule has 0 amide bonds. The minimum atomic E-state index is -3.08. The van der Waals surface area contributed by atoms with Crippen molar-refractivity contribution >= 4 is 58.6 Å². The quantitative estimate of drug-likeness (QED) is 0.177. The molecule has 228 valence electrons. The number of fused-ring (bicyclic) bond motifs is 5. The molecule has 0 aromatic heterocycles. The van der Waals surface area contributed by atoms with Gasteiger partial charge in [0.15, 0.2) is 7.14 Å². The molecule has 0 N–H and O–H groups in total. The summed E-state index contributed by atoms with van der Waals surface area (Å²) < 4.78 is 15.5. The van der Waals surface area contributed by atoms with Crippen LogP contribution in [0.5, 0.6) is 0 Å². The Morgan fingerprint density at radius 3 is 2.04 bits per heavy atom. The number of rotatable bonds is 4. The van der Waals surface area contributed by atoms with Crippen LogP contribution < -0.4 is 26.5 Å². The van der Waals surface area contributed by atoms with E-state index >= 15 is 4.57 Å². The van der Waals surface area contributed by atoms with Crippen LogP contribution in [0.4, 0.5) is 0 Å². The lowest BCUT2D eigenvalue weighted by atomic mass is 9.82. The highest BCUT2D eigenvalue weighted by Crippen LogP contribution is 2.58. The molecule has 0 saturated carbocycles. The topological polar surface area (TPSA) is 17.1 Å². The van der Waals surface area contributed by atoms with E-state index in [0.717, 1.165) is 38.5 Å². The zero-order chi connectivity index (χ0) is 31.8. The molecule has 5 aromatic rings. The van der Waals surface area contributed by atoms with Gasteiger partial charge < -0.3 is 4.57 Å². The molecule has 1 nitrogen and oxygen atoms in total. The van der Waals surface area contributed by atoms with E-state index in [4.69, 9.17) is 6.30 Å². The lowest BCUT2D eigenvalue weighted by Gasteiger charge is -2.33. The summed E-state index contributed by atoms with van der Waals surface area (Å²) in [5, 5.41) is 6.90. The van der Waals surface area contributed by atoms with Gasteiger partial charge in [-0.3, -0.25) is 0 Å². The van der Waals surface area contributed by atoms with Crippen LogP contribution in [0.15, 0.2) is 142 Å². The van der Waals surface area contributed by atoms with E-state index in [2.05, 4.69) is 125 Å². The van der Waals surface area contributed by atoms with Gasteiger partial charge in [0, 0.05) is 31.1 Å². The summed E-state index contributed by atoms with van der Waals surface area (Å²) >= 11 is 1.73. The molecule has 0 saturated heterocycles. The second-order valence-electron chi connectivity index (χ2n) is 13.4. The molecule has 1 unspecified atom stereocenters. The summed E-state index contributed by atoms with van der Waals surface area (Å²) in [6, 6.07) is 39.1. The molecule has 0 fully saturated rings. The van der Waals surface area contributed by atoms with Crippen LogP contribution in [-0.4, -0.2) is 6.30 Å². The van der Waals surface area contributed by atoms with Crippen LogP contribution in [-0.2, 0) is 9.98 Å². The fraction of sp³-hybridized carbons (Fsp3) is 0.167. The first kappa shape index (κ1) is 29.8. The van der Waals surface area contributed by atoms with Crippen molar-refractivity contribution in [2.75, 3.05) is 0 Å². The number of aryl methyl sites for hydroxylation is 1. The Morgan fingerprint density at radius 2 is 1.37 bits per heavy atom. The normalized spacial score (nSPS) is 18.3. The summed E-state index contributed by atoms with van der Waals surface area (Å²) in [6.07, 6.45) is 12.0. The smallest absolute Gasteiger partial charge is 0.173 e. The van der Waals surface area contributed by atoms with Crippen molar-refractivity contribution in [3.8, 4) is 11.1 Å². The maximum absolute atomic E-state index is 15.5. The van der Waals surface area contributed by atoms with E-state index in [1.807, 2.05) is 24.3 Å². The number of benzene rings is 5. The van der Waals surface area contributed by atoms with Crippen LogP contribution in [0.1, 0.15) is 50.3 Å². The molecule has 1 heterocycles. The molecule has 0 bridgehead atoms. The third-order valence-electron chi connectivity index (χ3n) is 10.4. The van der Waals surface area contributed by atoms with Crippen molar-refractivity contribution in [2.45, 2.75) is 55.7 Å². The first-order valence-corrected chi connectivity index (χ1v) is 20.6. The average molecular weight is 653 g/mol. The van der Waals surface area contributed by atoms with Crippen molar-refractivity contribution in [1.29, 1.82) is 0 Å². The molecule has 3 aliphatic rings. The second kappa shape index (κ2) is 10.7. The summed E-state index contributed by atoms with van der Waals surface area (Å²) in [6.45, 7) is 7.05. The Labute approximate surface area is 277 Å². The van der Waals surface area contributed by atoms with Gasteiger partial charge in [-0.1, -0.05) is 122 Å². The summed E-state index contributed by atoms with van der Waals surface area (Å²) in [7, 11) is -3.08. The zero-order valence-electron chi connectivity index (χ0n) is 26.9. The van der Waals surface area contributed by atoms with E-state index in [1.54, 1.807) is 11.8 Å². The first-order chi connectivity index (χ1) is 22.1. The average Bonchev–Trinajstić information content (AvgIpc) is 3.30. The van der Waals surface area contributed by atoms with E-state index in [1.165, 1.54) is 49.3 Å². The zero-order valence-corrected chi connectivity index (χ0v) is 29.5. The van der Waals surface area contributed by atoms with Gasteiger partial charge in [-0.2, -0.15) is 0 Å². The Bertz CT molecular complexity index is 2200. The van der Waals surface area contributed by atoms with Crippen LogP contribution >= 0.6 is 25.8 Å². The molecule has 5 aromatic carbocycles. The fourth-order valence-electron chi connectivity index (χ4n) is 7.90. The van der Waals surface area contributed by atoms with Crippen molar-refractivity contribution < 1.29 is 4.57 Å². The second-order valence-corrected chi connectivity index (χ2v) is 20.3. The fourth-order valence-corrected chi connectivity index (χ4v) is 16.2. The van der Waals surface area contributed by atoms with E-state index < -0.39 is 14.0 Å². The van der Waals surface area contributed by atoms with E-state index in [9.17, 15) is 0 Å². The molecule has 0 radical (unpaired) electrons. The van der Waals surface area contributed by atoms with Crippen molar-refractivity contribution in [2.24, 2.45) is 0 Å². The van der Waals surface area contributed by atoms with Gasteiger partial charge in [-0.05, 0) is 114 Å². The summed E-state index contributed by atoms with van der Waals surface area (Å²) in [4.78, 5) is 2.18. The van der Waals surface area contributed by atoms with Crippen molar-refractivity contribution in [1.82, 2.24) is 0 Å². The number of hydrogen-bond donors (Lipinski definition) is 0. The minimum Gasteiger partial charge on any atom is -0.309 e. The molecule has 46 heavy (non-hydrogen) atoms. The Morgan fingerprint density at radius 1 is 0.761 bits per heavy atom. The first-order valence-electron chi connectivity index (χ1n) is 16.1. The van der Waals surface area contributed by atoms with Gasteiger partial charge >= 0.3 is 0 Å². The number of allylic oxidation sites excluding steroid dienone is 4. The highest BCUT2D eigenvalue weighted by Gasteiger charge is 2.42. The van der Waals surface area contributed by atoms with E-state index in [0.29, 0.717) is 0 Å². The van der Waals surface area contributed by atoms with Crippen LogP contribution in [0.3, 0.4) is 0 Å². The Hall–Kier alpha value is -3.54. The van der Waals surface area contributed by atoms with Crippen molar-refractivity contribution in [3.63, 3.8) is 0 Å². The Balaban J connectivity index is 1.30. The van der Waals surface area contributed by atoms with Gasteiger partial charge in [-0.25, -0.2) is 0 Å². The van der Waals surface area contributed by atoms with Crippen molar-refractivity contribution in [3.05, 3.63) is 149 Å². The van der Waals surface area contributed by atoms with Gasteiger partial charge in [0.1, 0.15) is 0 Å². The van der Waals surface area contributed by atoms with Gasteiger partial charge in [0.25, 0.3) is 0 Å². The third kappa shape index (κ3) is 4.20. The lowest BCUT2D eigenvalue weighted by molar-refractivity contribution is 0.591. The highest BCUT2D eigenvalue weighted by atomic mass is 32.2. The largest absolute Gasteiger partial charge is 0.309 e. The molecule has 0 spiro atoms. The van der Waals surface area contributed by atoms with Gasteiger partial charge in [0.2, 0.25) is 0 Å². The molecular weight excluding hydrogens is 614 g/mol. The summed E-state index contributed by atoms with van der Waals surface area (Å²) in [5.74, 6) is 0. The maximum Gasteiger partial charge on any atom is 0.173 e. The van der Waals surface area contributed by atoms with Gasteiger partial charge in [-0.15, -0.1) is 0 Å². The molecular formula is C42H38OP2S. The predicted molar refractivity (Wildman–Crippen MR) is 203 cm³/mol. The van der Waals surface area contributed by atoms with Crippen LogP contribution in [0, 0.1) is 6.92 Å². The standard InChI is InChI=1S/C42H38OP2S/c1-28-14-6-8-16-36(28)44(5,37-17-9-7-15-29(37)2)30-22-24-32-33-25-23-31(27-35(33)42(3,4)34(32)26-30)45(43)38-18-10-12-20-40(38)46-41-21-13-11-19-39(41)45/h6,8-14,16-27H,5,7,15H2,1-4H3. The third-order valence-corrected chi connectivity index (χ3v) is 18.8. The van der Waals surface area contributed by atoms with E-state index in [-0.39, 0.29) is 5.41 Å². The maximum atomic E-state index is 15.5. The molecule has 1 atom stereocenters.